The van der Waals surface area contributed by atoms with Gasteiger partial charge in [0.15, 0.2) is 0 Å². The van der Waals surface area contributed by atoms with Crippen molar-refractivity contribution in [2.24, 2.45) is 11.3 Å². The van der Waals surface area contributed by atoms with Crippen molar-refractivity contribution in [1.82, 2.24) is 9.80 Å². The summed E-state index contributed by atoms with van der Waals surface area (Å²) in [5.41, 5.74) is 1.93. The van der Waals surface area contributed by atoms with E-state index in [-0.39, 0.29) is 0 Å². The van der Waals surface area contributed by atoms with Crippen LogP contribution in [0.1, 0.15) is 23.3 Å². The molecule has 0 bridgehead atoms. The first-order valence-corrected chi connectivity index (χ1v) is 11.1. The average Bonchev–Trinajstić information content (AvgIpc) is 3.34. The highest BCUT2D eigenvalue weighted by Gasteiger charge is 2.47. The lowest BCUT2D eigenvalue weighted by atomic mass is 9.71. The van der Waals surface area contributed by atoms with Gasteiger partial charge in [-0.25, -0.2) is 0 Å². The van der Waals surface area contributed by atoms with Gasteiger partial charge in [-0.2, -0.15) is 11.3 Å². The van der Waals surface area contributed by atoms with E-state index in [1.165, 1.54) is 49.5 Å². The van der Waals surface area contributed by atoms with E-state index in [0.717, 1.165) is 19.7 Å². The predicted molar refractivity (Wildman–Crippen MR) is 106 cm³/mol. The highest BCUT2D eigenvalue weighted by atomic mass is 32.1. The molecule has 136 valence electrons. The van der Waals surface area contributed by atoms with Gasteiger partial charge >= 0.3 is 0 Å². The Morgan fingerprint density at radius 3 is 2.72 bits per heavy atom. The Hall–Kier alpha value is -0.720. The molecule has 25 heavy (non-hydrogen) atoms. The molecule has 0 aliphatic carbocycles. The van der Waals surface area contributed by atoms with Crippen molar-refractivity contribution >= 4 is 22.7 Å². The molecule has 0 amide bonds. The van der Waals surface area contributed by atoms with Crippen LogP contribution < -0.4 is 0 Å². The second-order valence-corrected chi connectivity index (χ2v) is 9.48. The molecule has 0 saturated carbocycles. The molecule has 2 aliphatic heterocycles. The molecule has 0 radical (unpaired) electrons. The number of thiophene rings is 2. The van der Waals surface area contributed by atoms with Gasteiger partial charge in [-0.1, -0.05) is 6.07 Å². The fraction of sp³-hybridized carbons (Fsp3) is 0.600. The molecule has 2 aliphatic rings. The van der Waals surface area contributed by atoms with Crippen LogP contribution in [0.4, 0.5) is 0 Å². The molecular formula is C20H28N2OS2. The zero-order chi connectivity index (χ0) is 17.1. The lowest BCUT2D eigenvalue weighted by Crippen LogP contribution is -2.44. The zero-order valence-electron chi connectivity index (χ0n) is 15.0. The van der Waals surface area contributed by atoms with Crippen molar-refractivity contribution in [2.45, 2.75) is 25.9 Å². The average molecular weight is 377 g/mol. The summed E-state index contributed by atoms with van der Waals surface area (Å²) in [5.74, 6) is 0.681. The third-order valence-electron chi connectivity index (χ3n) is 6.05. The third kappa shape index (κ3) is 4.01. The second-order valence-electron chi connectivity index (χ2n) is 7.67. The van der Waals surface area contributed by atoms with Crippen molar-refractivity contribution in [2.75, 3.05) is 39.9 Å². The van der Waals surface area contributed by atoms with E-state index in [1.54, 1.807) is 11.3 Å². The minimum Gasteiger partial charge on any atom is -0.384 e. The van der Waals surface area contributed by atoms with Gasteiger partial charge in [0.25, 0.3) is 0 Å². The Morgan fingerprint density at radius 1 is 1.16 bits per heavy atom. The Labute approximate surface area is 159 Å². The van der Waals surface area contributed by atoms with E-state index in [2.05, 4.69) is 44.1 Å². The lowest BCUT2D eigenvalue weighted by molar-refractivity contribution is 0.0351. The van der Waals surface area contributed by atoms with Crippen LogP contribution in [0.15, 0.2) is 34.3 Å². The van der Waals surface area contributed by atoms with Gasteiger partial charge in [-0.05, 0) is 65.2 Å². The van der Waals surface area contributed by atoms with Crippen molar-refractivity contribution < 1.29 is 4.74 Å². The Bertz CT molecular complexity index is 633. The standard InChI is InChI=1S/C20H28N2OS2/c1-23-14-18-12-22(13-19-3-2-9-25-19)16-20(18)5-7-21(8-6-20)11-17-4-10-24-15-17/h2-4,9-10,15,18H,5-8,11-14,16H2,1H3/t18-/m0/s1. The summed E-state index contributed by atoms with van der Waals surface area (Å²) in [6.45, 7) is 8.02. The van der Waals surface area contributed by atoms with Crippen LogP contribution in [-0.2, 0) is 17.8 Å². The zero-order valence-corrected chi connectivity index (χ0v) is 16.7. The van der Waals surface area contributed by atoms with Crippen molar-refractivity contribution in [1.29, 1.82) is 0 Å². The first-order chi connectivity index (χ1) is 12.3. The van der Waals surface area contributed by atoms with E-state index < -0.39 is 0 Å². The molecule has 0 N–H and O–H groups in total. The summed E-state index contributed by atoms with van der Waals surface area (Å²) >= 11 is 3.69. The Kier molecular flexibility index (Phi) is 5.58. The lowest BCUT2D eigenvalue weighted by Gasteiger charge is -2.42. The number of likely N-dealkylation sites (tertiary alicyclic amines) is 2. The summed E-state index contributed by atoms with van der Waals surface area (Å²) in [6, 6.07) is 6.70. The van der Waals surface area contributed by atoms with Crippen LogP contribution >= 0.6 is 22.7 Å². The van der Waals surface area contributed by atoms with E-state index >= 15 is 0 Å². The highest BCUT2D eigenvalue weighted by molar-refractivity contribution is 7.09. The predicted octanol–water partition coefficient (Wildman–Crippen LogP) is 4.17. The normalized spacial score (nSPS) is 24.3. The first-order valence-electron chi connectivity index (χ1n) is 9.24. The van der Waals surface area contributed by atoms with Crippen LogP contribution in [0.3, 0.4) is 0 Å². The molecule has 5 heteroatoms. The maximum atomic E-state index is 5.61. The van der Waals surface area contributed by atoms with Gasteiger partial charge in [0.05, 0.1) is 6.61 Å². The van der Waals surface area contributed by atoms with Gasteiger partial charge in [0.2, 0.25) is 0 Å². The topological polar surface area (TPSA) is 15.7 Å². The molecule has 4 rings (SSSR count). The number of hydrogen-bond donors (Lipinski definition) is 0. The molecule has 2 aromatic heterocycles. The van der Waals surface area contributed by atoms with Crippen molar-refractivity contribution in [3.05, 3.63) is 44.8 Å². The number of ether oxygens (including phenoxy) is 1. The Balaban J connectivity index is 1.38. The molecule has 2 aromatic rings. The third-order valence-corrected chi connectivity index (χ3v) is 7.64. The van der Waals surface area contributed by atoms with Crippen molar-refractivity contribution in [3.8, 4) is 0 Å². The number of nitrogens with zero attached hydrogens (tertiary/aromatic N) is 2. The van der Waals surface area contributed by atoms with E-state index in [0.29, 0.717) is 11.3 Å². The number of methoxy groups -OCH3 is 1. The molecule has 0 aromatic carbocycles. The highest BCUT2D eigenvalue weighted by Crippen LogP contribution is 2.45. The molecule has 1 spiro atoms. The summed E-state index contributed by atoms with van der Waals surface area (Å²) in [6.07, 6.45) is 2.62. The van der Waals surface area contributed by atoms with Crippen LogP contribution in [0.2, 0.25) is 0 Å². The maximum Gasteiger partial charge on any atom is 0.0508 e. The van der Waals surface area contributed by atoms with Crippen molar-refractivity contribution in [3.63, 3.8) is 0 Å². The Morgan fingerprint density at radius 2 is 2.04 bits per heavy atom. The van der Waals surface area contributed by atoms with Gasteiger partial charge in [0, 0.05) is 44.1 Å². The van der Waals surface area contributed by atoms with E-state index in [9.17, 15) is 0 Å². The number of piperidine rings is 1. The van der Waals surface area contributed by atoms with E-state index in [1.807, 2.05) is 18.4 Å². The SMILES string of the molecule is COC[C@@H]1CN(Cc2cccs2)CC12CCN(Cc1ccsc1)CC2. The molecule has 2 saturated heterocycles. The molecule has 4 heterocycles. The largest absolute Gasteiger partial charge is 0.384 e. The van der Waals surface area contributed by atoms with Gasteiger partial charge in [-0.15, -0.1) is 11.3 Å². The maximum absolute atomic E-state index is 5.61. The van der Waals surface area contributed by atoms with Crippen LogP contribution in [0.5, 0.6) is 0 Å². The first kappa shape index (κ1) is 17.7. The molecule has 2 fully saturated rings. The van der Waals surface area contributed by atoms with E-state index in [4.69, 9.17) is 4.74 Å². The van der Waals surface area contributed by atoms with Gasteiger partial charge in [0.1, 0.15) is 0 Å². The smallest absolute Gasteiger partial charge is 0.0508 e. The van der Waals surface area contributed by atoms with Crippen LogP contribution in [-0.4, -0.2) is 49.7 Å². The minimum absolute atomic E-state index is 0.457. The second kappa shape index (κ2) is 7.89. The number of rotatable bonds is 6. The summed E-state index contributed by atoms with van der Waals surface area (Å²) in [4.78, 5) is 6.80. The summed E-state index contributed by atoms with van der Waals surface area (Å²) < 4.78 is 5.61. The van der Waals surface area contributed by atoms with Gasteiger partial charge in [-0.3, -0.25) is 9.80 Å². The molecule has 0 unspecified atom stereocenters. The van der Waals surface area contributed by atoms with Crippen LogP contribution in [0, 0.1) is 11.3 Å². The van der Waals surface area contributed by atoms with Crippen LogP contribution in [0.25, 0.3) is 0 Å². The summed E-state index contributed by atoms with van der Waals surface area (Å²) in [5, 5.41) is 6.67. The quantitative estimate of drug-likeness (QED) is 0.752. The molecule has 1 atom stereocenters. The molecular weight excluding hydrogens is 348 g/mol. The molecule has 3 nitrogen and oxygen atoms in total. The number of hydrogen-bond acceptors (Lipinski definition) is 5. The monoisotopic (exact) mass is 376 g/mol. The fourth-order valence-corrected chi connectivity index (χ4v) is 6.09. The van der Waals surface area contributed by atoms with Gasteiger partial charge < -0.3 is 4.74 Å². The summed E-state index contributed by atoms with van der Waals surface area (Å²) in [7, 11) is 1.86. The minimum atomic E-state index is 0.457. The fourth-order valence-electron chi connectivity index (χ4n) is 4.68.